The fraction of sp³-hybridized carbons (Fsp3) is 0.500. The predicted molar refractivity (Wildman–Crippen MR) is 53.4 cm³/mol. The molecule has 1 N–H and O–H groups in total. The number of anilines is 1. The van der Waals surface area contributed by atoms with Crippen LogP contribution in [-0.2, 0) is 0 Å². The summed E-state index contributed by atoms with van der Waals surface area (Å²) in [5.74, 6) is 1.55. The first-order chi connectivity index (χ1) is 6.18. The number of hydrogen-bond acceptors (Lipinski definition) is 2. The molecule has 2 rings (SSSR count). The number of aromatic nitrogens is 1. The van der Waals surface area contributed by atoms with Gasteiger partial charge in [0.25, 0.3) is 0 Å². The van der Waals surface area contributed by atoms with Gasteiger partial charge in [-0.05, 0) is 24.0 Å². The van der Waals surface area contributed by atoms with Crippen LogP contribution >= 0.6 is 0 Å². The van der Waals surface area contributed by atoms with Gasteiger partial charge < -0.3 is 9.88 Å². The molecule has 0 aromatic carbocycles. The van der Waals surface area contributed by atoms with Crippen LogP contribution in [0.5, 0.6) is 0 Å². The van der Waals surface area contributed by atoms with Crippen molar-refractivity contribution in [3.05, 3.63) is 28.0 Å². The Bertz CT molecular complexity index is 369. The fourth-order valence-corrected chi connectivity index (χ4v) is 1.84. The normalized spacial score (nSPS) is 21.4. The maximum atomic E-state index is 11.1. The molecule has 0 fully saturated rings. The summed E-state index contributed by atoms with van der Waals surface area (Å²) >= 11 is 0. The van der Waals surface area contributed by atoms with E-state index in [4.69, 9.17) is 0 Å². The molecule has 2 heterocycles. The quantitative estimate of drug-likeness (QED) is 0.650. The summed E-state index contributed by atoms with van der Waals surface area (Å²) in [6.07, 6.45) is 1.16. The Hall–Kier alpha value is -1.25. The van der Waals surface area contributed by atoms with Crippen molar-refractivity contribution in [2.24, 2.45) is 0 Å². The van der Waals surface area contributed by atoms with Gasteiger partial charge in [0, 0.05) is 19.7 Å². The minimum absolute atomic E-state index is 0.0142. The molecule has 13 heavy (non-hydrogen) atoms. The van der Waals surface area contributed by atoms with Crippen LogP contribution in [0.15, 0.2) is 16.9 Å². The lowest BCUT2D eigenvalue weighted by molar-refractivity contribution is 0.627. The van der Waals surface area contributed by atoms with Gasteiger partial charge in [0.05, 0.1) is 0 Å². The van der Waals surface area contributed by atoms with Gasteiger partial charge in [0.15, 0.2) is 0 Å². The molecule has 1 aliphatic rings. The van der Waals surface area contributed by atoms with Crippen molar-refractivity contribution < 1.29 is 0 Å². The third-order valence-electron chi connectivity index (χ3n) is 2.74. The lowest BCUT2D eigenvalue weighted by Crippen LogP contribution is -2.29. The van der Waals surface area contributed by atoms with E-state index in [-0.39, 0.29) is 5.56 Å². The molecule has 3 nitrogen and oxygen atoms in total. The molecule has 1 aromatic rings. The highest BCUT2D eigenvalue weighted by molar-refractivity contribution is 5.49. The van der Waals surface area contributed by atoms with Gasteiger partial charge in [-0.3, -0.25) is 4.79 Å². The Kier molecular flexibility index (Phi) is 1.87. The van der Waals surface area contributed by atoms with Gasteiger partial charge in [0.1, 0.15) is 5.82 Å². The molecule has 70 valence electrons. The van der Waals surface area contributed by atoms with Gasteiger partial charge in [-0.25, -0.2) is 0 Å². The van der Waals surface area contributed by atoms with E-state index < -0.39 is 0 Å². The molecule has 0 saturated carbocycles. The van der Waals surface area contributed by atoms with Crippen LogP contribution in [-0.4, -0.2) is 18.6 Å². The summed E-state index contributed by atoms with van der Waals surface area (Å²) in [6.45, 7) is 3.22. The number of nitrogens with zero attached hydrogens (tertiary/aromatic N) is 1. The molecule has 1 aromatic heterocycles. The molecule has 0 amide bonds. The second-order valence-electron chi connectivity index (χ2n) is 3.74. The van der Waals surface area contributed by atoms with Crippen molar-refractivity contribution in [3.8, 4) is 0 Å². The molecule has 0 aliphatic carbocycles. The lowest BCUT2D eigenvalue weighted by Gasteiger charge is -2.30. The molecule has 0 spiro atoms. The third-order valence-corrected chi connectivity index (χ3v) is 2.74. The first-order valence-electron chi connectivity index (χ1n) is 4.63. The number of rotatable bonds is 0. The van der Waals surface area contributed by atoms with E-state index in [0.717, 1.165) is 18.8 Å². The molecular weight excluding hydrogens is 164 g/mol. The van der Waals surface area contributed by atoms with Crippen LogP contribution in [0, 0.1) is 0 Å². The number of pyridine rings is 1. The number of nitrogens with one attached hydrogen (secondary N) is 1. The maximum absolute atomic E-state index is 11.1. The second-order valence-corrected chi connectivity index (χ2v) is 3.74. The predicted octanol–water partition coefficient (Wildman–Crippen LogP) is 1.32. The number of H-pyrrole nitrogens is 1. The van der Waals surface area contributed by atoms with Crippen LogP contribution in [0.4, 0.5) is 5.82 Å². The fourth-order valence-electron chi connectivity index (χ4n) is 1.84. The zero-order valence-corrected chi connectivity index (χ0v) is 8.00. The van der Waals surface area contributed by atoms with Crippen LogP contribution < -0.4 is 10.5 Å². The summed E-state index contributed by atoms with van der Waals surface area (Å²) in [7, 11) is 2.01. The zero-order chi connectivity index (χ0) is 9.42. The monoisotopic (exact) mass is 178 g/mol. The third kappa shape index (κ3) is 1.34. The molecule has 0 bridgehead atoms. The van der Waals surface area contributed by atoms with Crippen LogP contribution in [0.25, 0.3) is 0 Å². The maximum Gasteiger partial charge on any atom is 0.249 e. The Labute approximate surface area is 77.4 Å². The summed E-state index contributed by atoms with van der Waals surface area (Å²) in [4.78, 5) is 16.1. The first-order valence-corrected chi connectivity index (χ1v) is 4.63. The lowest BCUT2D eigenvalue weighted by atomic mass is 9.94. The van der Waals surface area contributed by atoms with Gasteiger partial charge in [-0.2, -0.15) is 0 Å². The zero-order valence-electron chi connectivity index (χ0n) is 8.00. The Morgan fingerprint density at radius 1 is 1.54 bits per heavy atom. The van der Waals surface area contributed by atoms with Crippen molar-refractivity contribution in [3.63, 3.8) is 0 Å². The highest BCUT2D eigenvalue weighted by Gasteiger charge is 2.19. The molecule has 1 atom stereocenters. The summed E-state index contributed by atoms with van der Waals surface area (Å²) < 4.78 is 0. The smallest absolute Gasteiger partial charge is 0.249 e. The van der Waals surface area contributed by atoms with E-state index in [2.05, 4.69) is 16.8 Å². The highest BCUT2D eigenvalue weighted by atomic mass is 16.1. The van der Waals surface area contributed by atoms with Crippen molar-refractivity contribution >= 4 is 5.82 Å². The van der Waals surface area contributed by atoms with E-state index in [1.54, 1.807) is 6.07 Å². The Balaban J connectivity index is 2.56. The Morgan fingerprint density at radius 3 is 3.08 bits per heavy atom. The van der Waals surface area contributed by atoms with E-state index in [9.17, 15) is 4.79 Å². The number of aromatic amines is 1. The van der Waals surface area contributed by atoms with Crippen LogP contribution in [0.2, 0.25) is 0 Å². The van der Waals surface area contributed by atoms with E-state index >= 15 is 0 Å². The van der Waals surface area contributed by atoms with Crippen molar-refractivity contribution in [1.29, 1.82) is 0 Å². The van der Waals surface area contributed by atoms with Crippen LogP contribution in [0.1, 0.15) is 24.8 Å². The molecule has 1 aliphatic heterocycles. The molecule has 0 saturated heterocycles. The molecule has 1 unspecified atom stereocenters. The second kappa shape index (κ2) is 2.91. The topological polar surface area (TPSA) is 36.1 Å². The summed E-state index contributed by atoms with van der Waals surface area (Å²) in [6, 6.07) is 3.54. The largest absolute Gasteiger partial charge is 0.361 e. The average Bonchev–Trinajstić information content (AvgIpc) is 2.12. The van der Waals surface area contributed by atoms with E-state index in [1.165, 1.54) is 5.56 Å². The molecule has 3 heteroatoms. The summed E-state index contributed by atoms with van der Waals surface area (Å²) in [5.41, 5.74) is 1.24. The van der Waals surface area contributed by atoms with Crippen molar-refractivity contribution in [1.82, 2.24) is 4.98 Å². The molecular formula is C10H14N2O. The van der Waals surface area contributed by atoms with E-state index in [1.807, 2.05) is 13.1 Å². The molecule has 0 radical (unpaired) electrons. The minimum Gasteiger partial charge on any atom is -0.361 e. The minimum atomic E-state index is -0.0142. The number of hydrogen-bond donors (Lipinski definition) is 1. The Morgan fingerprint density at radius 2 is 2.31 bits per heavy atom. The van der Waals surface area contributed by atoms with Gasteiger partial charge in [-0.1, -0.05) is 6.92 Å². The van der Waals surface area contributed by atoms with Crippen molar-refractivity contribution in [2.75, 3.05) is 18.5 Å². The van der Waals surface area contributed by atoms with Gasteiger partial charge >= 0.3 is 0 Å². The number of fused-ring (bicyclic) bond motifs is 1. The van der Waals surface area contributed by atoms with Gasteiger partial charge in [0.2, 0.25) is 5.56 Å². The SMILES string of the molecule is CC1CCN(C)c2[nH]c(=O)ccc21. The average molecular weight is 178 g/mol. The first kappa shape index (κ1) is 8.35. The van der Waals surface area contributed by atoms with Crippen LogP contribution in [0.3, 0.4) is 0 Å². The standard InChI is InChI=1S/C10H14N2O/c1-7-5-6-12(2)10-8(7)3-4-9(13)11-10/h3-4,7H,5-6H2,1-2H3,(H,11,13). The highest BCUT2D eigenvalue weighted by Crippen LogP contribution is 2.30. The van der Waals surface area contributed by atoms with Gasteiger partial charge in [-0.15, -0.1) is 0 Å². The van der Waals surface area contributed by atoms with Crippen molar-refractivity contribution in [2.45, 2.75) is 19.3 Å². The van der Waals surface area contributed by atoms with E-state index in [0.29, 0.717) is 5.92 Å². The summed E-state index contributed by atoms with van der Waals surface area (Å²) in [5, 5.41) is 0.